The Labute approximate surface area is 171 Å². The molecule has 1 aliphatic rings. The molecule has 1 fully saturated rings. The Hall–Kier alpha value is -2.25. The lowest BCUT2D eigenvalue weighted by Gasteiger charge is -2.13. The van der Waals surface area contributed by atoms with E-state index in [9.17, 15) is 4.79 Å². The summed E-state index contributed by atoms with van der Waals surface area (Å²) in [6, 6.07) is 11.3. The number of fused-ring (bicyclic) bond motifs is 1. The molecule has 0 amide bonds. The first kappa shape index (κ1) is 19.1. The molecule has 2 heterocycles. The molecule has 28 heavy (non-hydrogen) atoms. The van der Waals surface area contributed by atoms with Crippen LogP contribution in [0.15, 0.2) is 47.1 Å². The molecule has 0 radical (unpaired) electrons. The molecule has 4 rings (SSSR count). The molecule has 0 N–H and O–H groups in total. The van der Waals surface area contributed by atoms with Crippen molar-refractivity contribution < 1.29 is 23.4 Å². The third-order valence-corrected chi connectivity index (χ3v) is 7.61. The summed E-state index contributed by atoms with van der Waals surface area (Å²) in [6.45, 7) is 0. The molecule has 1 aromatic heterocycles. The van der Waals surface area contributed by atoms with Gasteiger partial charge >= 0.3 is 5.97 Å². The van der Waals surface area contributed by atoms with Crippen LogP contribution in [-0.2, 0) is 11.2 Å². The van der Waals surface area contributed by atoms with Crippen LogP contribution in [0.4, 0.5) is 0 Å². The smallest absolute Gasteiger partial charge is 0.315 e. The molecule has 0 bridgehead atoms. The molecule has 0 spiro atoms. The number of carbonyl (C=O) groups is 1. The monoisotopic (exact) mass is 416 g/mol. The molecule has 146 valence electrons. The van der Waals surface area contributed by atoms with Gasteiger partial charge in [-0.1, -0.05) is 6.07 Å². The highest BCUT2D eigenvalue weighted by atomic mass is 32.2. The van der Waals surface area contributed by atoms with E-state index in [1.54, 1.807) is 26.5 Å². The Kier molecular flexibility index (Phi) is 5.73. The number of methoxy groups -OCH3 is 2. The lowest BCUT2D eigenvalue weighted by Crippen LogP contribution is -2.11. The summed E-state index contributed by atoms with van der Waals surface area (Å²) in [7, 11) is 3.19. The molecule has 7 heteroatoms. The van der Waals surface area contributed by atoms with E-state index in [2.05, 4.69) is 0 Å². The van der Waals surface area contributed by atoms with Gasteiger partial charge in [0.25, 0.3) is 0 Å². The third kappa shape index (κ3) is 3.95. The molecule has 0 aliphatic carbocycles. The fraction of sp³-hybridized carbons (Fsp3) is 0.286. The second-order valence-corrected chi connectivity index (χ2v) is 8.98. The van der Waals surface area contributed by atoms with Crippen LogP contribution in [0, 0.1) is 0 Å². The average molecular weight is 417 g/mol. The van der Waals surface area contributed by atoms with E-state index in [1.807, 2.05) is 53.9 Å². The highest BCUT2D eigenvalue weighted by molar-refractivity contribution is 8.19. The maximum Gasteiger partial charge on any atom is 0.315 e. The fourth-order valence-corrected chi connectivity index (χ4v) is 5.95. The van der Waals surface area contributed by atoms with Crippen molar-refractivity contribution in [2.45, 2.75) is 11.0 Å². The Balaban J connectivity index is 1.49. The first-order valence-corrected chi connectivity index (χ1v) is 10.9. The van der Waals surface area contributed by atoms with Gasteiger partial charge in [0.15, 0.2) is 11.5 Å². The normalized spacial score (nSPS) is 14.4. The first-order valence-electron chi connectivity index (χ1n) is 8.84. The minimum atomic E-state index is -0.366. The molecule has 0 unspecified atom stereocenters. The Morgan fingerprint density at radius 2 is 1.89 bits per heavy atom. The molecule has 5 nitrogen and oxygen atoms in total. The van der Waals surface area contributed by atoms with Gasteiger partial charge in [0.1, 0.15) is 11.3 Å². The van der Waals surface area contributed by atoms with Gasteiger partial charge < -0.3 is 18.6 Å². The second kappa shape index (κ2) is 8.41. The van der Waals surface area contributed by atoms with Crippen molar-refractivity contribution in [2.75, 3.05) is 25.7 Å². The van der Waals surface area contributed by atoms with Crippen LogP contribution in [0.1, 0.15) is 15.7 Å². The van der Waals surface area contributed by atoms with Crippen molar-refractivity contribution in [2.24, 2.45) is 0 Å². The number of hydrogen-bond donors (Lipinski definition) is 0. The molecule has 1 saturated heterocycles. The molecule has 1 aliphatic heterocycles. The largest absolute Gasteiger partial charge is 0.497 e. The summed E-state index contributed by atoms with van der Waals surface area (Å²) in [5, 5.41) is 0.871. The van der Waals surface area contributed by atoms with Crippen molar-refractivity contribution in [1.29, 1.82) is 0 Å². The number of thioether (sulfide) groups is 2. The van der Waals surface area contributed by atoms with Gasteiger partial charge in [-0.05, 0) is 29.8 Å². The van der Waals surface area contributed by atoms with E-state index < -0.39 is 0 Å². The van der Waals surface area contributed by atoms with Crippen LogP contribution >= 0.6 is 23.5 Å². The average Bonchev–Trinajstić information content (AvgIpc) is 3.38. The lowest BCUT2D eigenvalue weighted by molar-refractivity contribution is -0.133. The lowest BCUT2D eigenvalue weighted by atomic mass is 10.1. The third-order valence-electron chi connectivity index (χ3n) is 4.50. The zero-order chi connectivity index (χ0) is 19.5. The molecule has 0 saturated carbocycles. The van der Waals surface area contributed by atoms with Crippen LogP contribution < -0.4 is 14.2 Å². The molecule has 3 aromatic rings. The zero-order valence-corrected chi connectivity index (χ0v) is 17.2. The summed E-state index contributed by atoms with van der Waals surface area (Å²) < 4.78 is 22.2. The quantitative estimate of drug-likeness (QED) is 0.410. The van der Waals surface area contributed by atoms with E-state index in [-0.39, 0.29) is 12.4 Å². The number of rotatable bonds is 6. The fourth-order valence-electron chi connectivity index (χ4n) is 3.11. The number of hydrogen-bond acceptors (Lipinski definition) is 7. The number of carbonyl (C=O) groups excluding carboxylic acids is 1. The van der Waals surface area contributed by atoms with Crippen LogP contribution in [0.3, 0.4) is 0 Å². The predicted molar refractivity (Wildman–Crippen MR) is 113 cm³/mol. The van der Waals surface area contributed by atoms with Crippen LogP contribution in [0.25, 0.3) is 11.0 Å². The van der Waals surface area contributed by atoms with Gasteiger partial charge in [-0.15, -0.1) is 23.5 Å². The van der Waals surface area contributed by atoms with E-state index in [0.29, 0.717) is 27.4 Å². The number of esters is 1. The summed E-state index contributed by atoms with van der Waals surface area (Å²) in [5.41, 5.74) is 2.63. The van der Waals surface area contributed by atoms with Gasteiger partial charge in [0.2, 0.25) is 0 Å². The van der Waals surface area contributed by atoms with Crippen LogP contribution in [-0.4, -0.2) is 31.7 Å². The van der Waals surface area contributed by atoms with Crippen LogP contribution in [0.5, 0.6) is 17.2 Å². The van der Waals surface area contributed by atoms with Gasteiger partial charge in [0, 0.05) is 28.5 Å². The minimum Gasteiger partial charge on any atom is -0.497 e. The van der Waals surface area contributed by atoms with Crippen molar-refractivity contribution in [3.05, 3.63) is 53.8 Å². The highest BCUT2D eigenvalue weighted by Gasteiger charge is 2.21. The van der Waals surface area contributed by atoms with E-state index in [1.165, 1.54) is 5.56 Å². The highest BCUT2D eigenvalue weighted by Crippen LogP contribution is 2.47. The van der Waals surface area contributed by atoms with Gasteiger partial charge in [-0.3, -0.25) is 4.79 Å². The van der Waals surface area contributed by atoms with E-state index >= 15 is 0 Å². The van der Waals surface area contributed by atoms with E-state index in [0.717, 1.165) is 22.5 Å². The standard InChI is InChI=1S/C21H20O5S2/c1-23-15-4-5-16-14(12-25-18(16)11-15)10-20(22)26-17-6-3-13(9-19(17)24-2)21-27-7-8-28-21/h3-6,9,11-12,21H,7-8,10H2,1-2H3. The molecular weight excluding hydrogens is 396 g/mol. The number of benzene rings is 2. The second-order valence-electron chi connectivity index (χ2n) is 6.26. The summed E-state index contributed by atoms with van der Waals surface area (Å²) >= 11 is 3.84. The maximum atomic E-state index is 12.5. The first-order chi connectivity index (χ1) is 13.7. The van der Waals surface area contributed by atoms with Crippen LogP contribution in [0.2, 0.25) is 0 Å². The zero-order valence-electron chi connectivity index (χ0n) is 15.6. The SMILES string of the molecule is COc1ccc2c(CC(=O)Oc3ccc(C4SCCS4)cc3OC)coc2c1. The van der Waals surface area contributed by atoms with Gasteiger partial charge in [0.05, 0.1) is 31.5 Å². The summed E-state index contributed by atoms with van der Waals surface area (Å²) in [5.74, 6) is 3.64. The van der Waals surface area contributed by atoms with Gasteiger partial charge in [-0.2, -0.15) is 0 Å². The number of ether oxygens (including phenoxy) is 3. The molecule has 0 atom stereocenters. The Bertz CT molecular complexity index is 992. The van der Waals surface area contributed by atoms with E-state index in [4.69, 9.17) is 18.6 Å². The van der Waals surface area contributed by atoms with Crippen molar-refractivity contribution >= 4 is 40.5 Å². The minimum absolute atomic E-state index is 0.110. The molecule has 2 aromatic carbocycles. The topological polar surface area (TPSA) is 57.9 Å². The maximum absolute atomic E-state index is 12.5. The number of furan rings is 1. The Morgan fingerprint density at radius 1 is 1.07 bits per heavy atom. The predicted octanol–water partition coefficient (Wildman–Crippen LogP) is 5.08. The molecular formula is C21H20O5S2. The van der Waals surface area contributed by atoms with Crippen molar-refractivity contribution in [3.63, 3.8) is 0 Å². The summed E-state index contributed by atoms with van der Waals surface area (Å²) in [4.78, 5) is 12.5. The summed E-state index contributed by atoms with van der Waals surface area (Å²) in [6.07, 6.45) is 1.69. The van der Waals surface area contributed by atoms with Gasteiger partial charge in [-0.25, -0.2) is 0 Å². The van der Waals surface area contributed by atoms with Crippen molar-refractivity contribution in [3.8, 4) is 17.2 Å². The Morgan fingerprint density at radius 3 is 2.64 bits per heavy atom. The van der Waals surface area contributed by atoms with Crippen molar-refractivity contribution in [1.82, 2.24) is 0 Å².